The lowest BCUT2D eigenvalue weighted by atomic mass is 9.87. The topological polar surface area (TPSA) is 87.6 Å². The smallest absolute Gasteiger partial charge is 0.272 e. The molecule has 1 amide bonds. The Morgan fingerprint density at radius 2 is 1.76 bits per heavy atom. The van der Waals surface area contributed by atoms with Crippen LogP contribution in [0.3, 0.4) is 0 Å². The van der Waals surface area contributed by atoms with Crippen LogP contribution in [0, 0.1) is 5.92 Å². The largest absolute Gasteiger partial charge is 0.388 e. The number of hydrogen-bond donors (Lipinski definition) is 2. The molecule has 0 radical (unpaired) electrons. The van der Waals surface area contributed by atoms with E-state index in [-0.39, 0.29) is 17.9 Å². The normalized spacial score (nSPS) is 19.7. The first-order valence-electron chi connectivity index (χ1n) is 10.4. The second-order valence-electron chi connectivity index (χ2n) is 7.82. The number of hydrogen-bond acceptors (Lipinski definition) is 6. The number of aliphatic hydroxyl groups excluding tert-OH is 1. The average Bonchev–Trinajstić information content (AvgIpc) is 2.80. The molecule has 2 saturated heterocycles. The lowest BCUT2D eigenvalue weighted by Crippen LogP contribution is -2.39. The summed E-state index contributed by atoms with van der Waals surface area (Å²) in [4.78, 5) is 14.5. The Morgan fingerprint density at radius 1 is 1.03 bits per heavy atom. The zero-order valence-electron chi connectivity index (χ0n) is 16.5. The number of ether oxygens (including phenoxy) is 1. The van der Waals surface area contributed by atoms with E-state index >= 15 is 0 Å². The van der Waals surface area contributed by atoms with Crippen LogP contribution >= 0.6 is 0 Å². The van der Waals surface area contributed by atoms with Gasteiger partial charge in [-0.25, -0.2) is 0 Å². The van der Waals surface area contributed by atoms with Crippen LogP contribution in [0.2, 0.25) is 0 Å². The summed E-state index contributed by atoms with van der Waals surface area (Å²) < 4.78 is 5.32. The molecule has 3 heterocycles. The molecular weight excluding hydrogens is 368 g/mol. The van der Waals surface area contributed by atoms with Crippen molar-refractivity contribution in [3.63, 3.8) is 0 Å². The van der Waals surface area contributed by atoms with Gasteiger partial charge < -0.3 is 20.1 Å². The molecule has 0 unspecified atom stereocenters. The summed E-state index contributed by atoms with van der Waals surface area (Å²) >= 11 is 0. The Labute approximate surface area is 171 Å². The zero-order valence-corrected chi connectivity index (χ0v) is 16.5. The number of aromatic nitrogens is 2. The van der Waals surface area contributed by atoms with E-state index < -0.39 is 6.10 Å². The zero-order chi connectivity index (χ0) is 20.1. The molecule has 1 aromatic carbocycles. The fraction of sp³-hybridized carbons (Fsp3) is 0.500. The van der Waals surface area contributed by atoms with Gasteiger partial charge in [0.25, 0.3) is 5.91 Å². The van der Waals surface area contributed by atoms with Crippen molar-refractivity contribution in [2.24, 2.45) is 5.92 Å². The van der Waals surface area contributed by atoms with E-state index in [2.05, 4.69) is 20.4 Å². The highest BCUT2D eigenvalue weighted by Gasteiger charge is 2.27. The van der Waals surface area contributed by atoms with Crippen molar-refractivity contribution >= 4 is 11.7 Å². The maximum Gasteiger partial charge on any atom is 0.272 e. The number of nitrogens with one attached hydrogen (secondary N) is 1. The van der Waals surface area contributed by atoms with Crippen molar-refractivity contribution in [3.05, 3.63) is 53.7 Å². The van der Waals surface area contributed by atoms with Crippen LogP contribution in [0.4, 0.5) is 5.82 Å². The van der Waals surface area contributed by atoms with Gasteiger partial charge in [-0.2, -0.15) is 0 Å². The minimum Gasteiger partial charge on any atom is -0.388 e. The molecule has 0 saturated carbocycles. The molecule has 0 spiro atoms. The van der Waals surface area contributed by atoms with Crippen molar-refractivity contribution in [2.45, 2.75) is 37.8 Å². The Hall–Kier alpha value is -2.51. The number of benzene rings is 1. The van der Waals surface area contributed by atoms with E-state index in [0.29, 0.717) is 18.9 Å². The van der Waals surface area contributed by atoms with Crippen LogP contribution in [0.5, 0.6) is 0 Å². The second-order valence-corrected chi connectivity index (χ2v) is 7.82. The van der Waals surface area contributed by atoms with E-state index in [1.807, 2.05) is 36.4 Å². The van der Waals surface area contributed by atoms with Crippen LogP contribution < -0.4 is 10.2 Å². The fourth-order valence-corrected chi connectivity index (χ4v) is 4.08. The summed E-state index contributed by atoms with van der Waals surface area (Å²) in [5, 5.41) is 22.0. The summed E-state index contributed by atoms with van der Waals surface area (Å²) in [5.41, 5.74) is 1.32. The van der Waals surface area contributed by atoms with Crippen LogP contribution in [0.25, 0.3) is 0 Å². The molecule has 0 aliphatic carbocycles. The third-order valence-electron chi connectivity index (χ3n) is 5.89. The van der Waals surface area contributed by atoms with Crippen molar-refractivity contribution < 1.29 is 14.6 Å². The molecule has 154 valence electrons. The predicted octanol–water partition coefficient (Wildman–Crippen LogP) is 2.34. The average molecular weight is 396 g/mol. The van der Waals surface area contributed by atoms with Gasteiger partial charge in [-0.3, -0.25) is 4.79 Å². The molecule has 1 aromatic heterocycles. The number of piperidine rings is 1. The number of rotatable bonds is 5. The maximum absolute atomic E-state index is 12.4. The molecule has 7 heteroatoms. The summed E-state index contributed by atoms with van der Waals surface area (Å²) in [6.45, 7) is 3.00. The lowest BCUT2D eigenvalue weighted by Gasteiger charge is -2.34. The third-order valence-corrected chi connectivity index (χ3v) is 5.89. The SMILES string of the molecule is O=C(NC1CCOCC1)c1ccc(N2CCC([C@@H](O)c3ccccc3)CC2)nn1. The summed E-state index contributed by atoms with van der Waals surface area (Å²) in [7, 11) is 0. The Bertz CT molecular complexity index is 785. The first-order valence-corrected chi connectivity index (χ1v) is 10.4. The molecule has 0 bridgehead atoms. The molecular formula is C22H28N4O3. The number of aliphatic hydroxyl groups is 1. The summed E-state index contributed by atoms with van der Waals surface area (Å²) in [6.07, 6.45) is 3.02. The number of carbonyl (C=O) groups excluding carboxylic acids is 1. The van der Waals surface area contributed by atoms with Gasteiger partial charge in [-0.1, -0.05) is 30.3 Å². The van der Waals surface area contributed by atoms with Gasteiger partial charge in [-0.05, 0) is 49.3 Å². The molecule has 2 fully saturated rings. The molecule has 7 nitrogen and oxygen atoms in total. The lowest BCUT2D eigenvalue weighted by molar-refractivity contribution is 0.0693. The standard InChI is InChI=1S/C22H28N4O3/c27-21(16-4-2-1-3-5-16)17-8-12-26(13-9-17)20-7-6-19(24-25-20)22(28)23-18-10-14-29-15-11-18/h1-7,17-18,21,27H,8-15H2,(H,23,28)/t21-/m0/s1. The van der Waals surface area contributed by atoms with Gasteiger partial charge in [-0.15, -0.1) is 10.2 Å². The van der Waals surface area contributed by atoms with Gasteiger partial charge >= 0.3 is 0 Å². The van der Waals surface area contributed by atoms with E-state index in [9.17, 15) is 9.90 Å². The molecule has 2 aliphatic heterocycles. The predicted molar refractivity (Wildman–Crippen MR) is 110 cm³/mol. The molecule has 2 aliphatic rings. The molecule has 2 N–H and O–H groups in total. The third kappa shape index (κ3) is 4.92. The number of anilines is 1. The van der Waals surface area contributed by atoms with Gasteiger partial charge in [0.05, 0.1) is 6.10 Å². The van der Waals surface area contributed by atoms with E-state index in [1.165, 1.54) is 0 Å². The van der Waals surface area contributed by atoms with Crippen molar-refractivity contribution in [1.29, 1.82) is 0 Å². The highest BCUT2D eigenvalue weighted by Crippen LogP contribution is 2.31. The van der Waals surface area contributed by atoms with E-state index in [1.54, 1.807) is 6.07 Å². The molecule has 4 rings (SSSR count). The highest BCUT2D eigenvalue weighted by molar-refractivity contribution is 5.92. The van der Waals surface area contributed by atoms with Crippen molar-refractivity contribution in [3.8, 4) is 0 Å². The number of amides is 1. The van der Waals surface area contributed by atoms with Gasteiger partial charge in [0, 0.05) is 32.3 Å². The molecule has 1 atom stereocenters. The quantitative estimate of drug-likeness (QED) is 0.807. The minimum atomic E-state index is -0.430. The highest BCUT2D eigenvalue weighted by atomic mass is 16.5. The maximum atomic E-state index is 12.4. The Morgan fingerprint density at radius 3 is 2.41 bits per heavy atom. The summed E-state index contributed by atoms with van der Waals surface area (Å²) in [6, 6.07) is 13.6. The first kappa shape index (κ1) is 19.8. The van der Waals surface area contributed by atoms with Gasteiger partial charge in [0.2, 0.25) is 0 Å². The van der Waals surface area contributed by atoms with E-state index in [0.717, 1.165) is 50.2 Å². The minimum absolute atomic E-state index is 0.146. The van der Waals surface area contributed by atoms with E-state index in [4.69, 9.17) is 4.74 Å². The fourth-order valence-electron chi connectivity index (χ4n) is 4.08. The Kier molecular flexibility index (Phi) is 6.36. The van der Waals surface area contributed by atoms with Crippen molar-refractivity contribution in [1.82, 2.24) is 15.5 Å². The van der Waals surface area contributed by atoms with Gasteiger partial charge in [0.1, 0.15) is 0 Å². The monoisotopic (exact) mass is 396 g/mol. The van der Waals surface area contributed by atoms with Crippen LogP contribution in [-0.4, -0.2) is 53.6 Å². The van der Waals surface area contributed by atoms with Crippen LogP contribution in [0.15, 0.2) is 42.5 Å². The number of nitrogens with zero attached hydrogens (tertiary/aromatic N) is 3. The van der Waals surface area contributed by atoms with Crippen LogP contribution in [-0.2, 0) is 4.74 Å². The Balaban J connectivity index is 1.30. The number of carbonyl (C=O) groups is 1. The second kappa shape index (κ2) is 9.33. The van der Waals surface area contributed by atoms with Crippen molar-refractivity contribution in [2.75, 3.05) is 31.2 Å². The first-order chi connectivity index (χ1) is 14.2. The molecule has 2 aromatic rings. The summed E-state index contributed by atoms with van der Waals surface area (Å²) in [5.74, 6) is 0.840. The molecule has 29 heavy (non-hydrogen) atoms. The van der Waals surface area contributed by atoms with Crippen LogP contribution in [0.1, 0.15) is 47.8 Å². The van der Waals surface area contributed by atoms with Gasteiger partial charge in [0.15, 0.2) is 11.5 Å².